The van der Waals surface area contributed by atoms with Crippen LogP contribution in [0.15, 0.2) is 48.5 Å². The van der Waals surface area contributed by atoms with Gasteiger partial charge in [0.15, 0.2) is 17.3 Å². The SMILES string of the molecule is CC(=O)c1cc(-c2cc(O)c(O)c3ccccc23)ccc1O. The third-order valence-electron chi connectivity index (χ3n) is 3.68. The maximum Gasteiger partial charge on any atom is 0.165 e. The summed E-state index contributed by atoms with van der Waals surface area (Å²) in [5.74, 6) is -0.730. The number of fused-ring (bicyclic) bond motifs is 1. The second kappa shape index (κ2) is 5.07. The molecule has 4 heteroatoms. The number of hydrogen-bond donors (Lipinski definition) is 3. The standard InChI is InChI=1S/C18H14O4/c1-10(19)14-8-11(6-7-16(14)20)15-9-17(21)18(22)13-5-3-2-4-12(13)15/h2-9,20-22H,1H3. The van der Waals surface area contributed by atoms with E-state index < -0.39 is 0 Å². The van der Waals surface area contributed by atoms with Crippen molar-refractivity contribution in [3.8, 4) is 28.4 Å². The highest BCUT2D eigenvalue weighted by atomic mass is 16.3. The molecular formula is C18H14O4. The monoisotopic (exact) mass is 294 g/mol. The summed E-state index contributed by atoms with van der Waals surface area (Å²) in [4.78, 5) is 11.6. The van der Waals surface area contributed by atoms with E-state index in [-0.39, 0.29) is 28.6 Å². The van der Waals surface area contributed by atoms with Gasteiger partial charge in [0.1, 0.15) is 5.75 Å². The summed E-state index contributed by atoms with van der Waals surface area (Å²) in [7, 11) is 0. The molecule has 0 atom stereocenters. The molecule has 0 aliphatic heterocycles. The van der Waals surface area contributed by atoms with Crippen molar-refractivity contribution >= 4 is 16.6 Å². The van der Waals surface area contributed by atoms with Gasteiger partial charge in [0.2, 0.25) is 0 Å². The van der Waals surface area contributed by atoms with Crippen LogP contribution in [0.2, 0.25) is 0 Å². The maximum absolute atomic E-state index is 11.6. The summed E-state index contributed by atoms with van der Waals surface area (Å²) in [6.45, 7) is 1.38. The van der Waals surface area contributed by atoms with E-state index in [9.17, 15) is 20.1 Å². The first-order valence-corrected chi connectivity index (χ1v) is 6.77. The second-order valence-electron chi connectivity index (χ2n) is 5.13. The van der Waals surface area contributed by atoms with E-state index in [0.717, 1.165) is 5.39 Å². The number of Topliss-reactive ketones (excluding diaryl/α,β-unsaturated/α-hetero) is 1. The summed E-state index contributed by atoms with van der Waals surface area (Å²) in [6, 6.07) is 13.3. The van der Waals surface area contributed by atoms with E-state index >= 15 is 0 Å². The molecule has 3 rings (SSSR count). The number of aromatic hydroxyl groups is 3. The van der Waals surface area contributed by atoms with Crippen molar-refractivity contribution in [2.24, 2.45) is 0 Å². The van der Waals surface area contributed by atoms with Gasteiger partial charge in [-0.3, -0.25) is 4.79 Å². The molecule has 3 aromatic carbocycles. The number of hydrogen-bond acceptors (Lipinski definition) is 4. The van der Waals surface area contributed by atoms with Crippen LogP contribution in [0, 0.1) is 0 Å². The lowest BCUT2D eigenvalue weighted by atomic mass is 9.95. The fourth-order valence-corrected chi connectivity index (χ4v) is 2.57. The average molecular weight is 294 g/mol. The first-order chi connectivity index (χ1) is 10.5. The molecule has 4 nitrogen and oxygen atoms in total. The molecule has 0 spiro atoms. The third-order valence-corrected chi connectivity index (χ3v) is 3.68. The van der Waals surface area contributed by atoms with Gasteiger partial charge in [0.05, 0.1) is 5.56 Å². The lowest BCUT2D eigenvalue weighted by molar-refractivity contribution is 0.101. The van der Waals surface area contributed by atoms with Crippen molar-refractivity contribution in [2.75, 3.05) is 0 Å². The van der Waals surface area contributed by atoms with Gasteiger partial charge >= 0.3 is 0 Å². The van der Waals surface area contributed by atoms with Crippen molar-refractivity contribution in [3.05, 3.63) is 54.1 Å². The molecule has 3 aromatic rings. The van der Waals surface area contributed by atoms with Crippen LogP contribution in [0.1, 0.15) is 17.3 Å². The highest BCUT2D eigenvalue weighted by molar-refractivity contribution is 6.03. The number of phenols is 3. The topological polar surface area (TPSA) is 77.8 Å². The Morgan fingerprint density at radius 1 is 0.864 bits per heavy atom. The Hall–Kier alpha value is -3.01. The fourth-order valence-electron chi connectivity index (χ4n) is 2.57. The zero-order chi connectivity index (χ0) is 15.9. The zero-order valence-corrected chi connectivity index (χ0v) is 11.9. The predicted octanol–water partition coefficient (Wildman–Crippen LogP) is 3.83. The van der Waals surface area contributed by atoms with E-state index in [1.54, 1.807) is 24.3 Å². The summed E-state index contributed by atoms with van der Waals surface area (Å²) < 4.78 is 0. The highest BCUT2D eigenvalue weighted by Gasteiger charge is 2.14. The molecule has 0 amide bonds. The molecule has 0 unspecified atom stereocenters. The number of carbonyl (C=O) groups excluding carboxylic acids is 1. The summed E-state index contributed by atoms with van der Waals surface area (Å²) in [6.07, 6.45) is 0. The van der Waals surface area contributed by atoms with Crippen LogP contribution in [0.3, 0.4) is 0 Å². The van der Waals surface area contributed by atoms with Crippen LogP contribution in [0.25, 0.3) is 21.9 Å². The first kappa shape index (κ1) is 13.9. The highest BCUT2D eigenvalue weighted by Crippen LogP contribution is 2.41. The third kappa shape index (κ3) is 2.15. The van der Waals surface area contributed by atoms with Gasteiger partial charge < -0.3 is 15.3 Å². The zero-order valence-electron chi connectivity index (χ0n) is 11.9. The average Bonchev–Trinajstić information content (AvgIpc) is 2.51. The van der Waals surface area contributed by atoms with Crippen LogP contribution in [-0.2, 0) is 0 Å². The largest absolute Gasteiger partial charge is 0.507 e. The van der Waals surface area contributed by atoms with E-state index in [1.165, 1.54) is 19.1 Å². The molecule has 110 valence electrons. The minimum absolute atomic E-state index is 0.0800. The minimum atomic E-state index is -0.244. The van der Waals surface area contributed by atoms with Gasteiger partial charge in [-0.15, -0.1) is 0 Å². The molecule has 3 N–H and O–H groups in total. The molecule has 0 fully saturated rings. The molecule has 0 radical (unpaired) electrons. The molecule has 0 aliphatic carbocycles. The molecule has 0 heterocycles. The molecule has 0 saturated carbocycles. The van der Waals surface area contributed by atoms with Crippen molar-refractivity contribution in [1.82, 2.24) is 0 Å². The van der Waals surface area contributed by atoms with Crippen molar-refractivity contribution in [2.45, 2.75) is 6.92 Å². The Morgan fingerprint density at radius 3 is 2.23 bits per heavy atom. The lowest BCUT2D eigenvalue weighted by Gasteiger charge is -2.11. The van der Waals surface area contributed by atoms with E-state index in [0.29, 0.717) is 16.5 Å². The molecule has 0 aromatic heterocycles. The lowest BCUT2D eigenvalue weighted by Crippen LogP contribution is -1.93. The molecule has 0 bridgehead atoms. The van der Waals surface area contributed by atoms with Gasteiger partial charge in [-0.25, -0.2) is 0 Å². The summed E-state index contributed by atoms with van der Waals surface area (Å²) in [5, 5.41) is 30.9. The van der Waals surface area contributed by atoms with E-state index in [2.05, 4.69) is 0 Å². The Morgan fingerprint density at radius 2 is 1.55 bits per heavy atom. The van der Waals surface area contributed by atoms with E-state index in [4.69, 9.17) is 0 Å². The van der Waals surface area contributed by atoms with Crippen LogP contribution >= 0.6 is 0 Å². The van der Waals surface area contributed by atoms with Gasteiger partial charge in [0, 0.05) is 5.39 Å². The van der Waals surface area contributed by atoms with Crippen molar-refractivity contribution in [1.29, 1.82) is 0 Å². The van der Waals surface area contributed by atoms with Gasteiger partial charge in [-0.2, -0.15) is 0 Å². The van der Waals surface area contributed by atoms with Gasteiger partial charge in [0.25, 0.3) is 0 Å². The van der Waals surface area contributed by atoms with Crippen LogP contribution < -0.4 is 0 Å². The maximum atomic E-state index is 11.6. The molecule has 0 saturated heterocycles. The Kier molecular flexibility index (Phi) is 3.22. The van der Waals surface area contributed by atoms with Crippen LogP contribution in [0.5, 0.6) is 17.2 Å². The smallest absolute Gasteiger partial charge is 0.165 e. The Labute approximate surface area is 126 Å². The number of benzene rings is 3. The normalized spacial score (nSPS) is 10.8. The van der Waals surface area contributed by atoms with Crippen molar-refractivity contribution < 1.29 is 20.1 Å². The van der Waals surface area contributed by atoms with Crippen LogP contribution in [-0.4, -0.2) is 21.1 Å². The first-order valence-electron chi connectivity index (χ1n) is 6.77. The number of ketones is 1. The number of rotatable bonds is 2. The molecule has 22 heavy (non-hydrogen) atoms. The summed E-state index contributed by atoms with van der Waals surface area (Å²) in [5.41, 5.74) is 1.57. The second-order valence-corrected chi connectivity index (χ2v) is 5.13. The number of carbonyl (C=O) groups is 1. The predicted molar refractivity (Wildman–Crippen MR) is 84.4 cm³/mol. The summed E-state index contributed by atoms with van der Waals surface area (Å²) >= 11 is 0. The Balaban J connectivity index is 2.34. The van der Waals surface area contributed by atoms with Crippen LogP contribution in [0.4, 0.5) is 0 Å². The fraction of sp³-hybridized carbons (Fsp3) is 0.0556. The molecular weight excluding hydrogens is 280 g/mol. The van der Waals surface area contributed by atoms with Gasteiger partial charge in [-0.1, -0.05) is 30.3 Å². The van der Waals surface area contributed by atoms with E-state index in [1.807, 2.05) is 12.1 Å². The number of phenolic OH excluding ortho intramolecular Hbond substituents is 3. The quantitative estimate of drug-likeness (QED) is 0.496. The minimum Gasteiger partial charge on any atom is -0.507 e. The van der Waals surface area contributed by atoms with Crippen molar-refractivity contribution in [3.63, 3.8) is 0 Å². The van der Waals surface area contributed by atoms with Gasteiger partial charge in [-0.05, 0) is 41.6 Å². The Bertz CT molecular complexity index is 897. The molecule has 0 aliphatic rings.